The first-order valence-corrected chi connectivity index (χ1v) is 7.62. The Labute approximate surface area is 143 Å². The molecule has 0 unspecified atom stereocenters. The van der Waals surface area contributed by atoms with Gasteiger partial charge in [-0.25, -0.2) is 0 Å². The summed E-state index contributed by atoms with van der Waals surface area (Å²) in [6, 6.07) is 12.1. The van der Waals surface area contributed by atoms with Crippen LogP contribution in [0.4, 0.5) is 0 Å². The second-order valence-corrected chi connectivity index (χ2v) is 5.61. The Bertz CT molecular complexity index is 832. The van der Waals surface area contributed by atoms with E-state index in [-0.39, 0.29) is 5.91 Å². The van der Waals surface area contributed by atoms with E-state index in [1.165, 1.54) is 6.07 Å². The summed E-state index contributed by atoms with van der Waals surface area (Å²) in [7, 11) is 0. The zero-order chi connectivity index (χ0) is 16.2. The molecule has 116 valence electrons. The van der Waals surface area contributed by atoms with Crippen molar-refractivity contribution in [2.45, 2.75) is 6.54 Å². The number of pyridine rings is 1. The zero-order valence-corrected chi connectivity index (χ0v) is 13.4. The van der Waals surface area contributed by atoms with E-state index in [4.69, 9.17) is 27.6 Å². The molecule has 23 heavy (non-hydrogen) atoms. The molecule has 3 rings (SSSR count). The number of furan rings is 1. The number of rotatable bonds is 4. The number of hydrogen-bond acceptors (Lipinski definition) is 3. The van der Waals surface area contributed by atoms with Crippen LogP contribution in [0.15, 0.2) is 59.3 Å². The maximum atomic E-state index is 12.2. The van der Waals surface area contributed by atoms with Crippen LogP contribution in [0.2, 0.25) is 10.0 Å². The molecule has 0 radical (unpaired) electrons. The molecule has 0 saturated heterocycles. The summed E-state index contributed by atoms with van der Waals surface area (Å²) in [5.74, 6) is 0.419. The molecule has 0 aliphatic rings. The van der Waals surface area contributed by atoms with Gasteiger partial charge in [0.2, 0.25) is 0 Å². The second-order valence-electron chi connectivity index (χ2n) is 4.80. The summed E-state index contributed by atoms with van der Waals surface area (Å²) in [4.78, 5) is 16.5. The standard InChI is InChI=1S/C17H12Cl2N2O2/c18-13-6-5-11(9-14(13)19)17(22)21-10-12-3-1-7-20-16(12)15-4-2-8-23-15/h1-9H,10H2,(H,21,22). The van der Waals surface area contributed by atoms with Crippen molar-refractivity contribution in [1.29, 1.82) is 0 Å². The average molecular weight is 347 g/mol. The van der Waals surface area contributed by atoms with Crippen molar-refractivity contribution in [3.8, 4) is 11.5 Å². The SMILES string of the molecule is O=C(NCc1cccnc1-c1ccco1)c1ccc(Cl)c(Cl)c1. The second kappa shape index (κ2) is 6.86. The molecular formula is C17H12Cl2N2O2. The highest BCUT2D eigenvalue weighted by atomic mass is 35.5. The summed E-state index contributed by atoms with van der Waals surface area (Å²) in [5, 5.41) is 3.60. The molecule has 2 aromatic heterocycles. The number of halogens is 2. The van der Waals surface area contributed by atoms with Gasteiger partial charge in [0.25, 0.3) is 5.91 Å². The van der Waals surface area contributed by atoms with E-state index in [1.807, 2.05) is 18.2 Å². The molecule has 1 amide bonds. The van der Waals surface area contributed by atoms with Crippen LogP contribution in [0.3, 0.4) is 0 Å². The smallest absolute Gasteiger partial charge is 0.251 e. The number of nitrogens with zero attached hydrogens (tertiary/aromatic N) is 1. The van der Waals surface area contributed by atoms with Gasteiger partial charge in [0.1, 0.15) is 5.69 Å². The van der Waals surface area contributed by atoms with Gasteiger partial charge in [-0.1, -0.05) is 29.3 Å². The summed E-state index contributed by atoms with van der Waals surface area (Å²) in [5.41, 5.74) is 2.01. The van der Waals surface area contributed by atoms with Gasteiger partial charge >= 0.3 is 0 Å². The lowest BCUT2D eigenvalue weighted by molar-refractivity contribution is 0.0951. The molecule has 6 heteroatoms. The minimum Gasteiger partial charge on any atom is -0.463 e. The summed E-state index contributed by atoms with van der Waals surface area (Å²) in [6.45, 7) is 0.322. The molecule has 2 heterocycles. The van der Waals surface area contributed by atoms with Crippen molar-refractivity contribution in [2.75, 3.05) is 0 Å². The van der Waals surface area contributed by atoms with Crippen LogP contribution in [0.25, 0.3) is 11.5 Å². The van der Waals surface area contributed by atoms with Gasteiger partial charge in [0.15, 0.2) is 5.76 Å². The van der Waals surface area contributed by atoms with E-state index in [2.05, 4.69) is 10.3 Å². The minimum atomic E-state index is -0.238. The first kappa shape index (κ1) is 15.6. The zero-order valence-electron chi connectivity index (χ0n) is 11.9. The molecule has 0 aliphatic heterocycles. The molecule has 0 saturated carbocycles. The number of aromatic nitrogens is 1. The van der Waals surface area contributed by atoms with E-state index in [0.29, 0.717) is 33.6 Å². The molecule has 0 bridgehead atoms. The number of benzene rings is 1. The maximum Gasteiger partial charge on any atom is 0.251 e. The van der Waals surface area contributed by atoms with Crippen LogP contribution < -0.4 is 5.32 Å². The third kappa shape index (κ3) is 3.55. The Kier molecular flexibility index (Phi) is 4.65. The fraction of sp³-hybridized carbons (Fsp3) is 0.0588. The minimum absolute atomic E-state index is 0.238. The predicted octanol–water partition coefficient (Wildman–Crippen LogP) is 4.58. The molecule has 1 N–H and O–H groups in total. The van der Waals surface area contributed by atoms with Gasteiger partial charge in [-0.05, 0) is 36.4 Å². The van der Waals surface area contributed by atoms with Crippen molar-refractivity contribution >= 4 is 29.1 Å². The number of nitrogens with one attached hydrogen (secondary N) is 1. The van der Waals surface area contributed by atoms with Crippen LogP contribution in [-0.4, -0.2) is 10.9 Å². The first-order chi connectivity index (χ1) is 11.1. The van der Waals surface area contributed by atoms with Crippen LogP contribution in [-0.2, 0) is 6.54 Å². The first-order valence-electron chi connectivity index (χ1n) is 6.86. The highest BCUT2D eigenvalue weighted by Crippen LogP contribution is 2.23. The topological polar surface area (TPSA) is 55.1 Å². The highest BCUT2D eigenvalue weighted by Gasteiger charge is 2.12. The van der Waals surface area contributed by atoms with Crippen LogP contribution in [0.5, 0.6) is 0 Å². The highest BCUT2D eigenvalue weighted by molar-refractivity contribution is 6.42. The van der Waals surface area contributed by atoms with Crippen LogP contribution >= 0.6 is 23.2 Å². The number of carbonyl (C=O) groups excluding carboxylic acids is 1. The Hall–Kier alpha value is -2.30. The third-order valence-electron chi connectivity index (χ3n) is 3.27. The third-order valence-corrected chi connectivity index (χ3v) is 4.01. The van der Waals surface area contributed by atoms with Gasteiger partial charge in [-0.3, -0.25) is 9.78 Å². The molecular weight excluding hydrogens is 335 g/mol. The molecule has 4 nitrogen and oxygen atoms in total. The van der Waals surface area contributed by atoms with Gasteiger partial charge in [0.05, 0.1) is 16.3 Å². The Morgan fingerprint density at radius 3 is 2.74 bits per heavy atom. The lowest BCUT2D eigenvalue weighted by Crippen LogP contribution is -2.23. The molecule has 1 aromatic carbocycles. The Balaban J connectivity index is 1.76. The number of carbonyl (C=O) groups is 1. The maximum absolute atomic E-state index is 12.2. The number of hydrogen-bond donors (Lipinski definition) is 1. The van der Waals surface area contributed by atoms with Crippen molar-refractivity contribution in [2.24, 2.45) is 0 Å². The fourth-order valence-corrected chi connectivity index (χ4v) is 2.43. The van der Waals surface area contributed by atoms with Crippen molar-refractivity contribution in [3.05, 3.63) is 76.1 Å². The lowest BCUT2D eigenvalue weighted by atomic mass is 10.1. The van der Waals surface area contributed by atoms with Gasteiger partial charge < -0.3 is 9.73 Å². The van der Waals surface area contributed by atoms with Crippen molar-refractivity contribution in [1.82, 2.24) is 10.3 Å². The van der Waals surface area contributed by atoms with Crippen LogP contribution in [0, 0.1) is 0 Å². The van der Waals surface area contributed by atoms with Crippen molar-refractivity contribution in [3.63, 3.8) is 0 Å². The van der Waals surface area contributed by atoms with Gasteiger partial charge in [-0.2, -0.15) is 0 Å². The lowest BCUT2D eigenvalue weighted by Gasteiger charge is -2.09. The molecule has 0 atom stereocenters. The van der Waals surface area contributed by atoms with E-state index in [9.17, 15) is 4.79 Å². The molecule has 0 spiro atoms. The van der Waals surface area contributed by atoms with Crippen molar-refractivity contribution < 1.29 is 9.21 Å². The van der Waals surface area contributed by atoms with Gasteiger partial charge in [-0.15, -0.1) is 0 Å². The molecule has 0 aliphatic carbocycles. The fourth-order valence-electron chi connectivity index (χ4n) is 2.13. The normalized spacial score (nSPS) is 10.5. The van der Waals surface area contributed by atoms with E-state index < -0.39 is 0 Å². The number of amides is 1. The van der Waals surface area contributed by atoms with Gasteiger partial charge in [0, 0.05) is 23.9 Å². The molecule has 3 aromatic rings. The average Bonchev–Trinajstić information content (AvgIpc) is 3.10. The Morgan fingerprint density at radius 1 is 1.13 bits per heavy atom. The predicted molar refractivity (Wildman–Crippen MR) is 89.6 cm³/mol. The Morgan fingerprint density at radius 2 is 2.00 bits per heavy atom. The summed E-state index contributed by atoms with van der Waals surface area (Å²) < 4.78 is 5.37. The molecule has 0 fully saturated rings. The summed E-state index contributed by atoms with van der Waals surface area (Å²) in [6.07, 6.45) is 3.27. The van der Waals surface area contributed by atoms with E-state index in [0.717, 1.165) is 5.56 Å². The van der Waals surface area contributed by atoms with Crippen LogP contribution in [0.1, 0.15) is 15.9 Å². The largest absolute Gasteiger partial charge is 0.463 e. The summed E-state index contributed by atoms with van der Waals surface area (Å²) >= 11 is 11.8. The monoisotopic (exact) mass is 346 g/mol. The van der Waals surface area contributed by atoms with E-state index in [1.54, 1.807) is 30.7 Å². The quantitative estimate of drug-likeness (QED) is 0.752. The van der Waals surface area contributed by atoms with E-state index >= 15 is 0 Å².